The van der Waals surface area contributed by atoms with E-state index in [9.17, 15) is 0 Å². The van der Waals surface area contributed by atoms with Gasteiger partial charge >= 0.3 is 0 Å². The van der Waals surface area contributed by atoms with Crippen molar-refractivity contribution in [1.29, 1.82) is 0 Å². The van der Waals surface area contributed by atoms with Crippen LogP contribution in [0.3, 0.4) is 0 Å². The number of rotatable bonds is 4. The number of nitrogens with one attached hydrogen (secondary N) is 1. The Morgan fingerprint density at radius 2 is 1.83 bits per heavy atom. The first-order valence-corrected chi connectivity index (χ1v) is 7.08. The summed E-state index contributed by atoms with van der Waals surface area (Å²) in [5.74, 6) is 1.28. The van der Waals surface area contributed by atoms with Crippen molar-refractivity contribution in [2.24, 2.45) is 0 Å². The summed E-state index contributed by atoms with van der Waals surface area (Å²) in [7, 11) is 0. The third-order valence-corrected chi connectivity index (χ3v) is 3.19. The maximum absolute atomic E-state index is 5.96. The lowest BCUT2D eigenvalue weighted by Gasteiger charge is -2.20. The summed E-state index contributed by atoms with van der Waals surface area (Å²) in [6.45, 7) is 4.96. The zero-order valence-electron chi connectivity index (χ0n) is 10.8. The fourth-order valence-corrected chi connectivity index (χ4v) is 2.22. The Labute approximate surface area is 113 Å². The summed E-state index contributed by atoms with van der Waals surface area (Å²) >= 11 is 5.96. The number of hydrogen-bond donors (Lipinski definition) is 1. The molecule has 0 aliphatic carbocycles. The van der Waals surface area contributed by atoms with Crippen LogP contribution in [0.5, 0.6) is 0 Å². The lowest BCUT2D eigenvalue weighted by Crippen LogP contribution is -2.26. The van der Waals surface area contributed by atoms with E-state index in [0.29, 0.717) is 11.9 Å². The molecule has 0 amide bonds. The van der Waals surface area contributed by atoms with Gasteiger partial charge in [-0.05, 0) is 30.9 Å². The van der Waals surface area contributed by atoms with Gasteiger partial charge in [0.15, 0.2) is 0 Å². The second-order valence-electron chi connectivity index (χ2n) is 4.56. The quantitative estimate of drug-likeness (QED) is 0.911. The molecule has 2 heterocycles. The number of aromatic nitrogens is 3. The molecule has 1 aliphatic heterocycles. The molecule has 2 rings (SSSR count). The van der Waals surface area contributed by atoms with Gasteiger partial charge in [0.2, 0.25) is 17.2 Å². The number of anilines is 2. The minimum absolute atomic E-state index is 0.267. The minimum atomic E-state index is 0.267. The van der Waals surface area contributed by atoms with Crippen LogP contribution >= 0.6 is 11.6 Å². The molecule has 0 spiro atoms. The third-order valence-electron chi connectivity index (χ3n) is 3.02. The molecule has 100 valence electrons. The van der Waals surface area contributed by atoms with E-state index in [4.69, 9.17) is 11.6 Å². The molecule has 1 fully saturated rings. The minimum Gasteiger partial charge on any atom is -0.354 e. The van der Waals surface area contributed by atoms with Crippen LogP contribution in [0.15, 0.2) is 0 Å². The van der Waals surface area contributed by atoms with E-state index in [2.05, 4.69) is 32.1 Å². The summed E-state index contributed by atoms with van der Waals surface area (Å²) in [5.41, 5.74) is 0. The first-order chi connectivity index (χ1) is 8.79. The average molecular weight is 270 g/mol. The van der Waals surface area contributed by atoms with E-state index in [0.717, 1.165) is 26.1 Å². The molecule has 6 heteroatoms. The first-order valence-electron chi connectivity index (χ1n) is 6.70. The van der Waals surface area contributed by atoms with E-state index in [1.165, 1.54) is 25.7 Å². The molecule has 0 bridgehead atoms. The van der Waals surface area contributed by atoms with E-state index >= 15 is 0 Å². The van der Waals surface area contributed by atoms with E-state index in [1.54, 1.807) is 0 Å². The van der Waals surface area contributed by atoms with E-state index < -0.39 is 0 Å². The van der Waals surface area contributed by atoms with Crippen LogP contribution < -0.4 is 10.2 Å². The standard InChI is InChI=1S/C12H20ClN5/c1-2-7-14-11-15-10(13)16-12(17-11)18-8-5-3-4-6-9-18/h2-9H2,1H3,(H,14,15,16,17). The van der Waals surface area contributed by atoms with Crippen molar-refractivity contribution in [3.63, 3.8) is 0 Å². The van der Waals surface area contributed by atoms with Gasteiger partial charge < -0.3 is 10.2 Å². The van der Waals surface area contributed by atoms with Crippen LogP contribution in [-0.4, -0.2) is 34.6 Å². The Bertz CT molecular complexity index is 377. The zero-order valence-corrected chi connectivity index (χ0v) is 11.6. The molecular formula is C12H20ClN5. The highest BCUT2D eigenvalue weighted by molar-refractivity contribution is 6.28. The molecule has 5 nitrogen and oxygen atoms in total. The molecule has 1 aliphatic rings. The van der Waals surface area contributed by atoms with Gasteiger partial charge in [-0.25, -0.2) is 0 Å². The number of hydrogen-bond acceptors (Lipinski definition) is 5. The highest BCUT2D eigenvalue weighted by Crippen LogP contribution is 2.18. The molecular weight excluding hydrogens is 250 g/mol. The predicted molar refractivity (Wildman–Crippen MR) is 74.3 cm³/mol. The molecule has 0 aromatic carbocycles. The average Bonchev–Trinajstić information content (AvgIpc) is 2.64. The van der Waals surface area contributed by atoms with Gasteiger partial charge in [0.05, 0.1) is 0 Å². The normalized spacial score (nSPS) is 16.4. The van der Waals surface area contributed by atoms with Gasteiger partial charge in [0.1, 0.15) is 0 Å². The Hall–Kier alpha value is -1.10. The molecule has 1 N–H and O–H groups in total. The summed E-state index contributed by atoms with van der Waals surface area (Å²) < 4.78 is 0. The van der Waals surface area contributed by atoms with Crippen LogP contribution in [0, 0.1) is 0 Å². The topological polar surface area (TPSA) is 53.9 Å². The van der Waals surface area contributed by atoms with Gasteiger partial charge in [-0.3, -0.25) is 0 Å². The summed E-state index contributed by atoms with van der Waals surface area (Å²) in [4.78, 5) is 15.0. The Kier molecular flexibility index (Phi) is 4.99. The van der Waals surface area contributed by atoms with Crippen LogP contribution in [0.2, 0.25) is 5.28 Å². The van der Waals surface area contributed by atoms with Crippen LogP contribution in [0.4, 0.5) is 11.9 Å². The van der Waals surface area contributed by atoms with Gasteiger partial charge in [-0.1, -0.05) is 19.8 Å². The summed E-state index contributed by atoms with van der Waals surface area (Å²) in [5, 5.41) is 3.42. The lowest BCUT2D eigenvalue weighted by molar-refractivity contribution is 0.726. The van der Waals surface area contributed by atoms with Crippen molar-refractivity contribution in [2.45, 2.75) is 39.0 Å². The second kappa shape index (κ2) is 6.73. The smallest absolute Gasteiger partial charge is 0.231 e. The van der Waals surface area contributed by atoms with Crippen LogP contribution in [0.1, 0.15) is 39.0 Å². The highest BCUT2D eigenvalue weighted by atomic mass is 35.5. The lowest BCUT2D eigenvalue weighted by atomic mass is 10.2. The van der Waals surface area contributed by atoms with Gasteiger partial charge in [0, 0.05) is 19.6 Å². The summed E-state index contributed by atoms with van der Waals surface area (Å²) in [6.07, 6.45) is 6.00. The van der Waals surface area contributed by atoms with Gasteiger partial charge in [-0.15, -0.1) is 0 Å². The fourth-order valence-electron chi connectivity index (χ4n) is 2.07. The Morgan fingerprint density at radius 3 is 2.50 bits per heavy atom. The van der Waals surface area contributed by atoms with E-state index in [-0.39, 0.29) is 5.28 Å². The molecule has 0 unspecified atom stereocenters. The van der Waals surface area contributed by atoms with Crippen molar-refractivity contribution >= 4 is 23.5 Å². The predicted octanol–water partition coefficient (Wildman–Crippen LogP) is 2.73. The molecule has 1 saturated heterocycles. The molecule has 18 heavy (non-hydrogen) atoms. The fraction of sp³-hybridized carbons (Fsp3) is 0.750. The summed E-state index contributed by atoms with van der Waals surface area (Å²) in [6, 6.07) is 0. The van der Waals surface area contributed by atoms with Crippen LogP contribution in [0.25, 0.3) is 0 Å². The maximum Gasteiger partial charge on any atom is 0.231 e. The van der Waals surface area contributed by atoms with E-state index in [1.807, 2.05) is 0 Å². The third kappa shape index (κ3) is 3.70. The van der Waals surface area contributed by atoms with Crippen molar-refractivity contribution in [3.8, 4) is 0 Å². The van der Waals surface area contributed by atoms with Crippen molar-refractivity contribution in [3.05, 3.63) is 5.28 Å². The van der Waals surface area contributed by atoms with Crippen LogP contribution in [-0.2, 0) is 0 Å². The first kappa shape index (κ1) is 13.3. The number of nitrogens with zero attached hydrogens (tertiary/aromatic N) is 4. The zero-order chi connectivity index (χ0) is 12.8. The molecule has 1 aromatic heterocycles. The number of halogens is 1. The van der Waals surface area contributed by atoms with Gasteiger partial charge in [0.25, 0.3) is 0 Å². The van der Waals surface area contributed by atoms with Crippen molar-refractivity contribution < 1.29 is 0 Å². The van der Waals surface area contributed by atoms with Gasteiger partial charge in [-0.2, -0.15) is 15.0 Å². The van der Waals surface area contributed by atoms with Crippen molar-refractivity contribution in [1.82, 2.24) is 15.0 Å². The van der Waals surface area contributed by atoms with Crippen molar-refractivity contribution in [2.75, 3.05) is 29.9 Å². The molecule has 1 aromatic rings. The highest BCUT2D eigenvalue weighted by Gasteiger charge is 2.14. The Morgan fingerprint density at radius 1 is 1.11 bits per heavy atom. The largest absolute Gasteiger partial charge is 0.354 e. The molecule has 0 saturated carbocycles. The SMILES string of the molecule is CCCNc1nc(Cl)nc(N2CCCCCC2)n1. The monoisotopic (exact) mass is 269 g/mol. The molecule has 0 atom stereocenters. The molecule has 0 radical (unpaired) electrons. The maximum atomic E-state index is 5.96. The Balaban J connectivity index is 2.12. The second-order valence-corrected chi connectivity index (χ2v) is 4.89.